The van der Waals surface area contributed by atoms with Crippen LogP contribution in [0.2, 0.25) is 0 Å². The molecule has 2 N–H and O–H groups in total. The zero-order valence-electron chi connectivity index (χ0n) is 19.9. The van der Waals surface area contributed by atoms with Gasteiger partial charge in [0.25, 0.3) is 5.91 Å². The van der Waals surface area contributed by atoms with Crippen LogP contribution >= 0.6 is 0 Å². The summed E-state index contributed by atoms with van der Waals surface area (Å²) >= 11 is 0. The van der Waals surface area contributed by atoms with Crippen LogP contribution in [-0.4, -0.2) is 44.2 Å². The second kappa shape index (κ2) is 10.1. The topological polar surface area (TPSA) is 95.6 Å². The average Bonchev–Trinajstić information content (AvgIpc) is 2.74. The number of hydrogen-bond donors (Lipinski definition) is 2. The maximum Gasteiger partial charge on any atom is 0.251 e. The van der Waals surface area contributed by atoms with E-state index in [0.717, 1.165) is 28.8 Å². The molecule has 178 valence electrons. The number of nitrogens with one attached hydrogen (secondary N) is 2. The Balaban J connectivity index is 1.61. The second-order valence-electron chi connectivity index (χ2n) is 9.30. The zero-order chi connectivity index (χ0) is 24.3. The summed E-state index contributed by atoms with van der Waals surface area (Å²) in [6, 6.07) is 9.83. The van der Waals surface area contributed by atoms with E-state index in [9.17, 15) is 18.0 Å². The van der Waals surface area contributed by atoms with Crippen molar-refractivity contribution >= 4 is 27.5 Å². The van der Waals surface area contributed by atoms with Crippen LogP contribution in [0, 0.1) is 32.6 Å². The second-order valence-corrected chi connectivity index (χ2v) is 11.2. The maximum atomic E-state index is 13.0. The Morgan fingerprint density at radius 3 is 2.06 bits per heavy atom. The molecule has 1 saturated heterocycles. The van der Waals surface area contributed by atoms with Crippen LogP contribution in [0.25, 0.3) is 0 Å². The molecule has 1 heterocycles. The Hall–Kier alpha value is -2.71. The van der Waals surface area contributed by atoms with E-state index >= 15 is 0 Å². The quantitative estimate of drug-likeness (QED) is 0.672. The highest BCUT2D eigenvalue weighted by molar-refractivity contribution is 7.89. The summed E-state index contributed by atoms with van der Waals surface area (Å²) in [5.74, 6) is -0.142. The summed E-state index contributed by atoms with van der Waals surface area (Å²) in [4.78, 5) is 25.0. The summed E-state index contributed by atoms with van der Waals surface area (Å²) in [5.41, 5.74) is 4.08. The molecule has 0 radical (unpaired) electrons. The van der Waals surface area contributed by atoms with Crippen LogP contribution in [0.4, 0.5) is 5.69 Å². The van der Waals surface area contributed by atoms with Crippen molar-refractivity contribution in [1.82, 2.24) is 9.62 Å². The number of hydrogen-bond acceptors (Lipinski definition) is 4. The van der Waals surface area contributed by atoms with Gasteiger partial charge in [-0.05, 0) is 74.4 Å². The normalized spacial score (nSPS) is 19.2. The summed E-state index contributed by atoms with van der Waals surface area (Å²) in [7, 11) is -3.60. The Labute approximate surface area is 196 Å². The third kappa shape index (κ3) is 6.00. The van der Waals surface area contributed by atoms with Gasteiger partial charge in [0.2, 0.25) is 15.9 Å². The third-order valence-corrected chi connectivity index (χ3v) is 7.79. The van der Waals surface area contributed by atoms with Crippen LogP contribution in [0.1, 0.15) is 47.3 Å². The molecule has 0 aromatic heterocycles. The van der Waals surface area contributed by atoms with E-state index in [0.29, 0.717) is 30.5 Å². The van der Waals surface area contributed by atoms with E-state index in [2.05, 4.69) is 24.5 Å². The number of rotatable bonds is 6. The van der Waals surface area contributed by atoms with Crippen molar-refractivity contribution in [3.63, 3.8) is 0 Å². The van der Waals surface area contributed by atoms with E-state index in [-0.39, 0.29) is 17.3 Å². The van der Waals surface area contributed by atoms with E-state index < -0.39 is 15.9 Å². The highest BCUT2D eigenvalue weighted by Gasteiger charge is 2.31. The molecule has 1 aliphatic heterocycles. The maximum absolute atomic E-state index is 13.0. The highest BCUT2D eigenvalue weighted by atomic mass is 32.2. The number of nitrogens with zero attached hydrogens (tertiary/aromatic N) is 1. The number of anilines is 1. The molecule has 0 saturated carbocycles. The number of amides is 2. The summed E-state index contributed by atoms with van der Waals surface area (Å²) in [6.07, 6.45) is 1.02. The van der Waals surface area contributed by atoms with Crippen LogP contribution in [-0.2, 0) is 14.8 Å². The monoisotopic (exact) mass is 471 g/mol. The standard InChI is InChI=1S/C25H33N3O4S/c1-16-11-19(4)24(20(5)12-16)27-23(29)13-26-25(30)21-6-8-22(9-7-21)33(31,32)28-14-17(2)10-18(3)15-28/h6-9,11-12,17-18H,10,13-15H2,1-5H3,(H,26,30)(H,27,29)/t17-,18-/m1/s1. The Bertz CT molecular complexity index is 1110. The number of benzene rings is 2. The lowest BCUT2D eigenvalue weighted by Gasteiger charge is -2.34. The van der Waals surface area contributed by atoms with Crippen molar-refractivity contribution in [2.75, 3.05) is 25.0 Å². The van der Waals surface area contributed by atoms with E-state index in [4.69, 9.17) is 0 Å². The fourth-order valence-electron chi connectivity index (χ4n) is 4.55. The lowest BCUT2D eigenvalue weighted by molar-refractivity contribution is -0.115. The summed E-state index contributed by atoms with van der Waals surface area (Å²) in [6.45, 7) is 10.8. The molecule has 2 atom stereocenters. The lowest BCUT2D eigenvalue weighted by atomic mass is 9.94. The molecule has 1 fully saturated rings. The predicted molar refractivity (Wildman–Crippen MR) is 130 cm³/mol. The smallest absolute Gasteiger partial charge is 0.251 e. The Morgan fingerprint density at radius 2 is 1.52 bits per heavy atom. The molecule has 8 heteroatoms. The molecule has 0 aliphatic carbocycles. The van der Waals surface area contributed by atoms with Crippen molar-refractivity contribution in [3.05, 3.63) is 58.7 Å². The molecule has 2 amide bonds. The van der Waals surface area contributed by atoms with E-state index in [1.807, 2.05) is 32.9 Å². The number of carbonyl (C=O) groups excluding carboxylic acids is 2. The van der Waals surface area contributed by atoms with Gasteiger partial charge in [0.05, 0.1) is 11.4 Å². The van der Waals surface area contributed by atoms with Crippen LogP contribution in [0.3, 0.4) is 0 Å². The van der Waals surface area contributed by atoms with Gasteiger partial charge in [-0.25, -0.2) is 8.42 Å². The first-order valence-corrected chi connectivity index (χ1v) is 12.7. The first-order chi connectivity index (χ1) is 15.5. The molecule has 7 nitrogen and oxygen atoms in total. The van der Waals surface area contributed by atoms with Crippen molar-refractivity contribution in [2.24, 2.45) is 11.8 Å². The molecular weight excluding hydrogens is 438 g/mol. The lowest BCUT2D eigenvalue weighted by Crippen LogP contribution is -2.42. The Morgan fingerprint density at radius 1 is 0.970 bits per heavy atom. The van der Waals surface area contributed by atoms with Crippen LogP contribution in [0.5, 0.6) is 0 Å². The molecule has 2 aromatic carbocycles. The van der Waals surface area contributed by atoms with Crippen molar-refractivity contribution in [1.29, 1.82) is 0 Å². The number of carbonyl (C=O) groups is 2. The molecule has 33 heavy (non-hydrogen) atoms. The minimum Gasteiger partial charge on any atom is -0.343 e. The molecule has 0 bridgehead atoms. The van der Waals surface area contributed by atoms with E-state index in [1.165, 1.54) is 28.6 Å². The van der Waals surface area contributed by atoms with Gasteiger partial charge in [-0.3, -0.25) is 9.59 Å². The fourth-order valence-corrected chi connectivity index (χ4v) is 6.23. The molecule has 0 unspecified atom stereocenters. The predicted octanol–water partition coefficient (Wildman–Crippen LogP) is 3.65. The van der Waals surface area contributed by atoms with Crippen LogP contribution in [0.15, 0.2) is 41.3 Å². The minimum atomic E-state index is -3.60. The van der Waals surface area contributed by atoms with Gasteiger partial charge in [0, 0.05) is 24.3 Å². The molecule has 0 spiro atoms. The zero-order valence-corrected chi connectivity index (χ0v) is 20.8. The van der Waals surface area contributed by atoms with Gasteiger partial charge in [0.1, 0.15) is 0 Å². The number of sulfonamides is 1. The van der Waals surface area contributed by atoms with E-state index in [1.54, 1.807) is 0 Å². The van der Waals surface area contributed by atoms with Gasteiger partial charge in [-0.1, -0.05) is 31.5 Å². The van der Waals surface area contributed by atoms with Gasteiger partial charge in [-0.15, -0.1) is 0 Å². The summed E-state index contributed by atoms with van der Waals surface area (Å²) in [5, 5.41) is 5.44. The molecule has 1 aliphatic rings. The largest absolute Gasteiger partial charge is 0.343 e. The first-order valence-electron chi connectivity index (χ1n) is 11.2. The highest BCUT2D eigenvalue weighted by Crippen LogP contribution is 2.27. The van der Waals surface area contributed by atoms with Gasteiger partial charge < -0.3 is 10.6 Å². The van der Waals surface area contributed by atoms with Gasteiger partial charge >= 0.3 is 0 Å². The Kier molecular flexibility index (Phi) is 7.59. The van der Waals surface area contributed by atoms with Gasteiger partial charge in [0.15, 0.2) is 0 Å². The molecular formula is C25H33N3O4S. The van der Waals surface area contributed by atoms with Crippen molar-refractivity contribution < 1.29 is 18.0 Å². The SMILES string of the molecule is Cc1cc(C)c(NC(=O)CNC(=O)c2ccc(S(=O)(=O)N3C[C@H](C)C[C@@H](C)C3)cc2)c(C)c1. The summed E-state index contributed by atoms with van der Waals surface area (Å²) < 4.78 is 27.5. The molecule has 3 rings (SSSR count). The van der Waals surface area contributed by atoms with Crippen molar-refractivity contribution in [2.45, 2.75) is 45.9 Å². The average molecular weight is 472 g/mol. The van der Waals surface area contributed by atoms with Gasteiger partial charge in [-0.2, -0.15) is 4.31 Å². The molecule has 2 aromatic rings. The number of aryl methyl sites for hydroxylation is 3. The fraction of sp³-hybridized carbons (Fsp3) is 0.440. The minimum absolute atomic E-state index is 0.170. The number of piperidine rings is 1. The van der Waals surface area contributed by atoms with Crippen molar-refractivity contribution in [3.8, 4) is 0 Å². The van der Waals surface area contributed by atoms with Crippen LogP contribution < -0.4 is 10.6 Å². The third-order valence-electron chi connectivity index (χ3n) is 5.94. The first kappa shape index (κ1) is 24.9.